The Morgan fingerprint density at radius 3 is 0.688 bits per heavy atom. The summed E-state index contributed by atoms with van der Waals surface area (Å²) in [6.07, 6.45) is 0. The Labute approximate surface area is 283 Å². The van der Waals surface area contributed by atoms with Crippen LogP contribution in [0.2, 0.25) is 0 Å². The van der Waals surface area contributed by atoms with Gasteiger partial charge in [0.15, 0.2) is 5.78 Å². The fraction of sp³-hybridized carbons (Fsp3) is 0.710. The zero-order valence-corrected chi connectivity index (χ0v) is 30.6. The number of carbonyl (C=O) groups excluding carboxylic acids is 9. The van der Waals surface area contributed by atoms with Crippen molar-refractivity contribution in [2.45, 2.75) is 27.7 Å². The van der Waals surface area contributed by atoms with Crippen LogP contribution in [0.15, 0.2) is 0 Å². The summed E-state index contributed by atoms with van der Waals surface area (Å²) in [7, 11) is 11.3. The number of carbonyl (C=O) groups is 9. The molecule has 8 amide bonds. The summed E-state index contributed by atoms with van der Waals surface area (Å²) in [5.74, 6) is -4.47. The fourth-order valence-corrected chi connectivity index (χ4v) is 3.82. The SMILES string of the molecule is CC(C)C(=O)CN(C)C(=O)CN(C)C(=O)CN(C)C(=O)CN(C)C(=O)CN(C)C(=O)CN(C)C(=O)CN(C)C(=O)CN(C)C(=O)C(C)C. The molecule has 48 heavy (non-hydrogen) atoms. The Kier molecular flexibility index (Phi) is 18.0. The van der Waals surface area contributed by atoms with E-state index in [0.717, 1.165) is 29.4 Å². The topological polar surface area (TPSA) is 180 Å². The van der Waals surface area contributed by atoms with E-state index >= 15 is 0 Å². The standard InChI is InChI=1S/C31H54N8O9/c1-21(2)23(40)13-32(5)24(41)14-33(6)25(42)15-34(7)26(43)16-35(8)27(44)17-36(9)28(45)18-37(10)29(46)19-38(11)30(47)20-39(12)31(48)22(3)4/h21-22H,13-20H2,1-12H3. The molecule has 0 aliphatic heterocycles. The molecule has 0 N–H and O–H groups in total. The molecular weight excluding hydrogens is 628 g/mol. The van der Waals surface area contributed by atoms with Crippen LogP contribution in [0.1, 0.15) is 27.7 Å². The number of hydrogen-bond donors (Lipinski definition) is 0. The zero-order valence-electron chi connectivity index (χ0n) is 30.6. The van der Waals surface area contributed by atoms with Crippen molar-refractivity contribution in [1.82, 2.24) is 39.2 Å². The van der Waals surface area contributed by atoms with Crippen LogP contribution in [0.25, 0.3) is 0 Å². The summed E-state index contributed by atoms with van der Waals surface area (Å²) in [6, 6.07) is 0. The Morgan fingerprint density at radius 1 is 0.312 bits per heavy atom. The molecule has 0 aromatic heterocycles. The van der Waals surface area contributed by atoms with E-state index in [1.165, 1.54) is 66.2 Å². The highest BCUT2D eigenvalue weighted by molar-refractivity contribution is 5.93. The van der Waals surface area contributed by atoms with Gasteiger partial charge in [-0.25, -0.2) is 0 Å². The minimum atomic E-state index is -0.569. The molecule has 0 spiro atoms. The van der Waals surface area contributed by atoms with Crippen molar-refractivity contribution >= 4 is 53.0 Å². The summed E-state index contributed by atoms with van der Waals surface area (Å²) >= 11 is 0. The predicted octanol–water partition coefficient (Wildman–Crippen LogP) is -2.47. The second-order valence-corrected chi connectivity index (χ2v) is 12.7. The highest BCUT2D eigenvalue weighted by atomic mass is 16.2. The van der Waals surface area contributed by atoms with Gasteiger partial charge in [0.1, 0.15) is 0 Å². The molecule has 0 rings (SSSR count). The van der Waals surface area contributed by atoms with Gasteiger partial charge in [0, 0.05) is 68.2 Å². The van der Waals surface area contributed by atoms with Crippen LogP contribution in [0.4, 0.5) is 0 Å². The second kappa shape index (κ2) is 19.9. The van der Waals surface area contributed by atoms with E-state index in [9.17, 15) is 43.2 Å². The smallest absolute Gasteiger partial charge is 0.242 e. The first-order valence-electron chi connectivity index (χ1n) is 15.4. The second-order valence-electron chi connectivity index (χ2n) is 12.7. The van der Waals surface area contributed by atoms with Crippen molar-refractivity contribution in [2.24, 2.45) is 11.8 Å². The van der Waals surface area contributed by atoms with Crippen molar-refractivity contribution in [3.05, 3.63) is 0 Å². The molecule has 0 unspecified atom stereocenters. The average molecular weight is 683 g/mol. The summed E-state index contributed by atoms with van der Waals surface area (Å²) in [5.41, 5.74) is 0. The van der Waals surface area contributed by atoms with Gasteiger partial charge in [-0.1, -0.05) is 27.7 Å². The molecule has 0 saturated carbocycles. The van der Waals surface area contributed by atoms with Crippen molar-refractivity contribution in [2.75, 3.05) is 109 Å². The van der Waals surface area contributed by atoms with Crippen LogP contribution in [0.3, 0.4) is 0 Å². The number of rotatable bonds is 18. The number of Topliss-reactive ketones (excluding diaryl/α,β-unsaturated/α-hetero) is 1. The van der Waals surface area contributed by atoms with E-state index < -0.39 is 41.4 Å². The molecule has 17 heteroatoms. The average Bonchev–Trinajstić information content (AvgIpc) is 2.99. The van der Waals surface area contributed by atoms with Crippen molar-refractivity contribution in [3.8, 4) is 0 Å². The molecule has 272 valence electrons. The van der Waals surface area contributed by atoms with E-state index in [2.05, 4.69) is 0 Å². The van der Waals surface area contributed by atoms with Crippen molar-refractivity contribution in [1.29, 1.82) is 0 Å². The van der Waals surface area contributed by atoms with Crippen LogP contribution >= 0.6 is 0 Å². The first-order chi connectivity index (χ1) is 22.0. The largest absolute Gasteiger partial charge is 0.337 e. The Morgan fingerprint density at radius 2 is 0.500 bits per heavy atom. The highest BCUT2D eigenvalue weighted by Crippen LogP contribution is 2.02. The zero-order chi connectivity index (χ0) is 37.6. The van der Waals surface area contributed by atoms with Crippen molar-refractivity contribution in [3.63, 3.8) is 0 Å². The number of ketones is 1. The van der Waals surface area contributed by atoms with E-state index in [4.69, 9.17) is 0 Å². The Bertz CT molecular complexity index is 1220. The number of hydrogen-bond acceptors (Lipinski definition) is 9. The lowest BCUT2D eigenvalue weighted by molar-refractivity contribution is -0.146. The Balaban J connectivity index is 4.84. The molecule has 17 nitrogen and oxygen atoms in total. The molecule has 0 heterocycles. The lowest BCUT2D eigenvalue weighted by Crippen LogP contribution is -2.49. The molecule has 0 aromatic rings. The third-order valence-corrected chi connectivity index (χ3v) is 7.49. The molecular formula is C31H54N8O9. The Hall–Kier alpha value is -4.57. The van der Waals surface area contributed by atoms with Gasteiger partial charge in [0.2, 0.25) is 47.3 Å². The number of amides is 8. The molecule has 0 radical (unpaired) electrons. The van der Waals surface area contributed by atoms with Gasteiger partial charge in [-0.2, -0.15) is 0 Å². The molecule has 0 atom stereocenters. The third-order valence-electron chi connectivity index (χ3n) is 7.49. The maximum atomic E-state index is 12.7. The van der Waals surface area contributed by atoms with Crippen molar-refractivity contribution < 1.29 is 43.2 Å². The maximum Gasteiger partial charge on any atom is 0.242 e. The van der Waals surface area contributed by atoms with Gasteiger partial charge >= 0.3 is 0 Å². The molecule has 0 aromatic carbocycles. The van der Waals surface area contributed by atoms with E-state index in [1.807, 2.05) is 0 Å². The van der Waals surface area contributed by atoms with Gasteiger partial charge in [0.25, 0.3) is 0 Å². The van der Waals surface area contributed by atoms with E-state index in [0.29, 0.717) is 0 Å². The van der Waals surface area contributed by atoms with E-state index in [-0.39, 0.29) is 75.9 Å². The van der Waals surface area contributed by atoms with Gasteiger partial charge in [0.05, 0.1) is 52.4 Å². The van der Waals surface area contributed by atoms with Crippen LogP contribution in [-0.2, 0) is 43.2 Å². The molecule has 0 aliphatic carbocycles. The van der Waals surface area contributed by atoms with Crippen LogP contribution in [-0.4, -0.2) is 201 Å². The predicted molar refractivity (Wildman–Crippen MR) is 176 cm³/mol. The maximum absolute atomic E-state index is 12.7. The molecule has 0 bridgehead atoms. The van der Waals surface area contributed by atoms with Crippen LogP contribution in [0, 0.1) is 11.8 Å². The first-order valence-corrected chi connectivity index (χ1v) is 15.4. The minimum Gasteiger partial charge on any atom is -0.337 e. The van der Waals surface area contributed by atoms with Gasteiger partial charge < -0.3 is 39.2 Å². The monoisotopic (exact) mass is 682 g/mol. The van der Waals surface area contributed by atoms with Gasteiger partial charge in [-0.15, -0.1) is 0 Å². The third kappa shape index (κ3) is 14.9. The minimum absolute atomic E-state index is 0.0750. The highest BCUT2D eigenvalue weighted by Gasteiger charge is 2.25. The quantitative estimate of drug-likeness (QED) is 0.152. The number of likely N-dealkylation sites (N-methyl/N-ethyl adjacent to an activating group) is 8. The van der Waals surface area contributed by atoms with Crippen LogP contribution in [0.5, 0.6) is 0 Å². The van der Waals surface area contributed by atoms with Crippen LogP contribution < -0.4 is 0 Å². The van der Waals surface area contributed by atoms with Gasteiger partial charge in [-0.3, -0.25) is 43.2 Å². The molecule has 0 saturated heterocycles. The molecule has 0 fully saturated rings. The first kappa shape index (κ1) is 43.4. The summed E-state index contributed by atoms with van der Waals surface area (Å²) < 4.78 is 0. The lowest BCUT2D eigenvalue weighted by atomic mass is 10.1. The lowest BCUT2D eigenvalue weighted by Gasteiger charge is -2.27. The number of nitrogens with zero attached hydrogens (tertiary/aromatic N) is 8. The fourth-order valence-electron chi connectivity index (χ4n) is 3.82. The summed E-state index contributed by atoms with van der Waals surface area (Å²) in [5, 5.41) is 0. The molecule has 0 aliphatic rings. The summed E-state index contributed by atoms with van der Waals surface area (Å²) in [6.45, 7) is 4.50. The normalized spacial score (nSPS) is 10.6. The summed E-state index contributed by atoms with van der Waals surface area (Å²) in [4.78, 5) is 121. The van der Waals surface area contributed by atoms with E-state index in [1.54, 1.807) is 27.7 Å². The van der Waals surface area contributed by atoms with Gasteiger partial charge in [-0.05, 0) is 0 Å².